The number of aromatic hydroxyl groups is 1. The summed E-state index contributed by atoms with van der Waals surface area (Å²) in [5.41, 5.74) is -4.75. The van der Waals surface area contributed by atoms with E-state index in [2.05, 4.69) is 0 Å². The first-order valence-electron chi connectivity index (χ1n) is 17.9. The number of benzene rings is 4. The third-order valence-electron chi connectivity index (χ3n) is 11.8. The number of allylic oxidation sites excluding steroid dienone is 2. The van der Waals surface area contributed by atoms with Crippen molar-refractivity contribution in [1.82, 2.24) is 0 Å². The molecule has 6 unspecified atom stereocenters. The molecule has 2 saturated heterocycles. The van der Waals surface area contributed by atoms with Crippen molar-refractivity contribution in [1.29, 1.82) is 0 Å². The molecule has 0 bridgehead atoms. The molecule has 2 aliphatic carbocycles. The maximum atomic E-state index is 15.4. The summed E-state index contributed by atoms with van der Waals surface area (Å²) in [7, 11) is 2.59. The van der Waals surface area contributed by atoms with Crippen LogP contribution in [0.2, 0.25) is 5.02 Å². The van der Waals surface area contributed by atoms with E-state index >= 15 is 4.79 Å². The zero-order valence-electron chi connectivity index (χ0n) is 30.4. The molecule has 2 aliphatic heterocycles. The standard InChI is InChI=1S/C42H31ClF6N2O7/c1-57-31-13-20(14-32(58-2)35(31)52)34-27-11-12-28-33(38(55)50(36(28)53)26-16-22(41(44,45)46)15-23(17-26)42(47,48)49)29(27)19-30-37(54)51(25-10-6-9-24(43)18-25)39(56)40(30,34)21-7-4-3-5-8-21/h3-11,13-18,28-30,33-34,52H,12,19H2,1-2H3. The van der Waals surface area contributed by atoms with Crippen LogP contribution in [0.3, 0.4) is 0 Å². The third kappa shape index (κ3) is 5.76. The van der Waals surface area contributed by atoms with Crippen LogP contribution in [0.5, 0.6) is 17.2 Å². The van der Waals surface area contributed by atoms with Crippen molar-refractivity contribution in [2.24, 2.45) is 23.7 Å². The second-order valence-electron chi connectivity index (χ2n) is 14.6. The Morgan fingerprint density at radius 2 is 1.34 bits per heavy atom. The fraction of sp³-hybridized carbons (Fsp3) is 0.286. The van der Waals surface area contributed by atoms with Gasteiger partial charge in [-0.2, -0.15) is 26.3 Å². The molecule has 8 rings (SSSR count). The molecule has 4 aliphatic rings. The van der Waals surface area contributed by atoms with Gasteiger partial charge < -0.3 is 14.6 Å². The lowest BCUT2D eigenvalue weighted by Gasteiger charge is -2.50. The van der Waals surface area contributed by atoms with Crippen molar-refractivity contribution in [3.8, 4) is 17.2 Å². The number of hydrogen-bond donors (Lipinski definition) is 1. The molecule has 0 spiro atoms. The Kier molecular flexibility index (Phi) is 9.18. The second kappa shape index (κ2) is 13.6. The minimum absolute atomic E-state index is 0.0581. The second-order valence-corrected chi connectivity index (χ2v) is 15.1. The minimum atomic E-state index is -5.25. The molecule has 3 fully saturated rings. The van der Waals surface area contributed by atoms with Crippen LogP contribution in [0.1, 0.15) is 41.0 Å². The van der Waals surface area contributed by atoms with E-state index in [9.17, 15) is 45.8 Å². The molecule has 4 aromatic rings. The smallest absolute Gasteiger partial charge is 0.416 e. The highest BCUT2D eigenvalue weighted by Crippen LogP contribution is 2.65. The van der Waals surface area contributed by atoms with Crippen LogP contribution in [0, 0.1) is 23.7 Å². The summed E-state index contributed by atoms with van der Waals surface area (Å²) in [4.78, 5) is 60.5. The summed E-state index contributed by atoms with van der Waals surface area (Å²) in [6.07, 6.45) is -9.24. The first-order chi connectivity index (χ1) is 27.4. The summed E-state index contributed by atoms with van der Waals surface area (Å²) in [6.45, 7) is 0. The van der Waals surface area contributed by atoms with E-state index in [0.717, 1.165) is 4.90 Å². The van der Waals surface area contributed by atoms with E-state index in [1.54, 1.807) is 48.5 Å². The molecule has 2 heterocycles. The predicted molar refractivity (Wildman–Crippen MR) is 196 cm³/mol. The molecule has 58 heavy (non-hydrogen) atoms. The maximum Gasteiger partial charge on any atom is 0.416 e. The minimum Gasteiger partial charge on any atom is -0.502 e. The van der Waals surface area contributed by atoms with E-state index in [-0.39, 0.29) is 46.9 Å². The molecular weight excluding hydrogens is 794 g/mol. The van der Waals surface area contributed by atoms with Crippen molar-refractivity contribution < 1.29 is 60.1 Å². The van der Waals surface area contributed by atoms with Gasteiger partial charge in [0.05, 0.1) is 59.9 Å². The van der Waals surface area contributed by atoms with E-state index in [1.807, 2.05) is 0 Å². The number of fused-ring (bicyclic) bond motifs is 4. The van der Waals surface area contributed by atoms with Gasteiger partial charge in [-0.3, -0.25) is 19.2 Å². The first kappa shape index (κ1) is 39.0. The summed E-state index contributed by atoms with van der Waals surface area (Å²) >= 11 is 6.34. The number of rotatable bonds is 6. The van der Waals surface area contributed by atoms with Crippen LogP contribution in [0.25, 0.3) is 0 Å². The number of phenols is 1. The number of methoxy groups -OCH3 is 2. The van der Waals surface area contributed by atoms with Crippen LogP contribution < -0.4 is 19.3 Å². The van der Waals surface area contributed by atoms with Gasteiger partial charge in [-0.25, -0.2) is 9.80 Å². The lowest BCUT2D eigenvalue weighted by atomic mass is 9.49. The molecule has 1 N–H and O–H groups in total. The van der Waals surface area contributed by atoms with Crippen LogP contribution >= 0.6 is 11.6 Å². The van der Waals surface area contributed by atoms with Gasteiger partial charge in [0.2, 0.25) is 29.4 Å². The number of halogens is 7. The highest BCUT2D eigenvalue weighted by atomic mass is 35.5. The summed E-state index contributed by atoms with van der Waals surface area (Å²) in [5.74, 6) is -9.83. The van der Waals surface area contributed by atoms with E-state index in [4.69, 9.17) is 21.1 Å². The molecule has 300 valence electrons. The number of alkyl halides is 6. The van der Waals surface area contributed by atoms with E-state index < -0.39 is 87.8 Å². The SMILES string of the molecule is COc1cc(C2C3=CCC4C(=O)N(c5cc(C(F)(F)F)cc(C(F)(F)F)c5)C(=O)C4C3CC3C(=O)N(c4cccc(Cl)c4)C(=O)C32c2ccccc2)cc(OC)c1O. The van der Waals surface area contributed by atoms with Gasteiger partial charge in [0.25, 0.3) is 0 Å². The molecule has 0 radical (unpaired) electrons. The number of phenolic OH excluding ortho intramolecular Hbond substituents is 1. The normalized spacial score (nSPS) is 25.7. The number of nitrogens with zero attached hydrogens (tertiary/aromatic N) is 2. The van der Waals surface area contributed by atoms with Crippen molar-refractivity contribution in [2.45, 2.75) is 36.5 Å². The van der Waals surface area contributed by atoms with Crippen LogP contribution in [0.4, 0.5) is 37.7 Å². The van der Waals surface area contributed by atoms with Gasteiger partial charge >= 0.3 is 12.4 Å². The van der Waals surface area contributed by atoms with Crippen LogP contribution in [-0.2, 0) is 36.9 Å². The maximum absolute atomic E-state index is 15.4. The zero-order valence-corrected chi connectivity index (χ0v) is 31.2. The molecule has 4 aromatic carbocycles. The number of hydrogen-bond acceptors (Lipinski definition) is 7. The van der Waals surface area contributed by atoms with Gasteiger partial charge in [-0.1, -0.05) is 59.6 Å². The van der Waals surface area contributed by atoms with Crippen molar-refractivity contribution >= 4 is 46.6 Å². The lowest BCUT2D eigenvalue weighted by Crippen LogP contribution is -2.53. The predicted octanol–water partition coefficient (Wildman–Crippen LogP) is 8.47. The number of carbonyl (C=O) groups excluding carboxylic acids is 4. The largest absolute Gasteiger partial charge is 0.502 e. The first-order valence-corrected chi connectivity index (χ1v) is 18.3. The van der Waals surface area contributed by atoms with Gasteiger partial charge in [0.1, 0.15) is 0 Å². The Morgan fingerprint density at radius 1 is 0.724 bits per heavy atom. The molecule has 9 nitrogen and oxygen atoms in total. The summed E-state index contributed by atoms with van der Waals surface area (Å²) < 4.78 is 94.7. The Labute approximate surface area is 331 Å². The summed E-state index contributed by atoms with van der Waals surface area (Å²) in [6, 6.07) is 18.1. The topological polar surface area (TPSA) is 113 Å². The summed E-state index contributed by atoms with van der Waals surface area (Å²) in [5, 5.41) is 11.2. The van der Waals surface area contributed by atoms with Gasteiger partial charge in [-0.15, -0.1) is 0 Å². The van der Waals surface area contributed by atoms with E-state index in [0.29, 0.717) is 33.7 Å². The quantitative estimate of drug-likeness (QED) is 0.118. The molecule has 16 heteroatoms. The fourth-order valence-corrected chi connectivity index (χ4v) is 9.71. The molecule has 1 saturated carbocycles. The number of amides is 4. The number of carbonyl (C=O) groups is 4. The van der Waals surface area contributed by atoms with Crippen molar-refractivity contribution in [2.75, 3.05) is 24.0 Å². The fourth-order valence-electron chi connectivity index (χ4n) is 9.52. The Balaban J connectivity index is 1.35. The van der Waals surface area contributed by atoms with Gasteiger partial charge in [0.15, 0.2) is 11.5 Å². The number of ether oxygens (including phenoxy) is 2. The molecular formula is C42H31ClF6N2O7. The number of anilines is 2. The average molecular weight is 825 g/mol. The van der Waals surface area contributed by atoms with Crippen molar-refractivity contribution in [3.05, 3.63) is 124 Å². The lowest BCUT2D eigenvalue weighted by molar-refractivity contribution is -0.143. The van der Waals surface area contributed by atoms with Crippen LogP contribution in [-0.4, -0.2) is 43.0 Å². The molecule has 6 atom stereocenters. The monoisotopic (exact) mass is 824 g/mol. The Hall–Kier alpha value is -5.83. The van der Waals surface area contributed by atoms with Gasteiger partial charge in [-0.05, 0) is 78.4 Å². The van der Waals surface area contributed by atoms with Crippen molar-refractivity contribution in [3.63, 3.8) is 0 Å². The third-order valence-corrected chi connectivity index (χ3v) is 12.1. The van der Waals surface area contributed by atoms with Crippen LogP contribution in [0.15, 0.2) is 96.6 Å². The Morgan fingerprint density at radius 3 is 1.91 bits per heavy atom. The van der Waals surface area contributed by atoms with E-state index in [1.165, 1.54) is 38.5 Å². The van der Waals surface area contributed by atoms with Gasteiger partial charge in [0, 0.05) is 10.9 Å². The average Bonchev–Trinajstić information content (AvgIpc) is 3.58. The molecule has 4 amide bonds. The number of imide groups is 2. The zero-order chi connectivity index (χ0) is 41.6. The highest BCUT2D eigenvalue weighted by Gasteiger charge is 2.70. The molecule has 0 aromatic heterocycles. The highest BCUT2D eigenvalue weighted by molar-refractivity contribution is 6.32. The Bertz CT molecular complexity index is 2380.